The molecule has 0 saturated heterocycles. The van der Waals surface area contributed by atoms with Crippen molar-refractivity contribution in [3.63, 3.8) is 0 Å². The summed E-state index contributed by atoms with van der Waals surface area (Å²) in [6.07, 6.45) is -0.578. The molecule has 0 aromatic heterocycles. The molecular formula is C10H6F3N3O2S. The minimum atomic E-state index is -3.82. The Morgan fingerprint density at radius 2 is 2.05 bits per heavy atom. The third-order valence-electron chi connectivity index (χ3n) is 2.05. The molecule has 1 heterocycles. The van der Waals surface area contributed by atoms with Gasteiger partial charge in [-0.15, -0.1) is 8.78 Å². The number of ether oxygens (including phenoxy) is 2. The molecule has 19 heavy (non-hydrogen) atoms. The lowest BCUT2D eigenvalue weighted by molar-refractivity contribution is -0.286. The number of thioether (sulfide) groups is 1. The lowest BCUT2D eigenvalue weighted by atomic mass is 10.2. The molecule has 0 saturated carbocycles. The molecule has 0 radical (unpaired) electrons. The second-order valence-corrected chi connectivity index (χ2v) is 4.07. The summed E-state index contributed by atoms with van der Waals surface area (Å²) in [6.45, 7) is 0. The van der Waals surface area contributed by atoms with Crippen molar-refractivity contribution >= 4 is 22.6 Å². The quantitative estimate of drug-likeness (QED) is 0.372. The molecule has 1 aliphatic rings. The third kappa shape index (κ3) is 2.85. The molecule has 100 valence electrons. The highest BCUT2D eigenvalue weighted by atomic mass is 32.2. The molecule has 0 unspecified atom stereocenters. The maximum Gasteiger partial charge on any atom is 0.586 e. The van der Waals surface area contributed by atoms with Gasteiger partial charge >= 0.3 is 6.29 Å². The van der Waals surface area contributed by atoms with Gasteiger partial charge in [0.25, 0.3) is 0 Å². The number of benzene rings is 1. The molecule has 2 rings (SSSR count). The van der Waals surface area contributed by atoms with Crippen molar-refractivity contribution in [3.8, 4) is 17.7 Å². The fourth-order valence-corrected chi connectivity index (χ4v) is 1.67. The number of aliphatic imine (C=N–C) groups is 1. The number of halogens is 3. The van der Waals surface area contributed by atoms with Gasteiger partial charge in [-0.05, 0) is 6.26 Å². The summed E-state index contributed by atoms with van der Waals surface area (Å²) in [7, 11) is 0. The summed E-state index contributed by atoms with van der Waals surface area (Å²) >= 11 is 1.06. The predicted molar refractivity (Wildman–Crippen MR) is 62.0 cm³/mol. The first-order valence-corrected chi connectivity index (χ1v) is 6.05. The number of fused-ring (bicyclic) bond motifs is 1. The highest BCUT2D eigenvalue weighted by molar-refractivity contribution is 8.13. The fourth-order valence-electron chi connectivity index (χ4n) is 1.33. The van der Waals surface area contributed by atoms with Crippen molar-refractivity contribution < 1.29 is 22.6 Å². The van der Waals surface area contributed by atoms with Crippen molar-refractivity contribution in [2.45, 2.75) is 6.29 Å². The molecule has 0 spiro atoms. The maximum absolute atomic E-state index is 13.6. The average molecular weight is 289 g/mol. The van der Waals surface area contributed by atoms with E-state index in [0.29, 0.717) is 0 Å². The van der Waals surface area contributed by atoms with Crippen LogP contribution in [-0.2, 0) is 0 Å². The first-order chi connectivity index (χ1) is 8.95. The molecule has 0 atom stereocenters. The van der Waals surface area contributed by atoms with Crippen LogP contribution < -0.4 is 14.8 Å². The van der Waals surface area contributed by atoms with Gasteiger partial charge in [0.2, 0.25) is 0 Å². The zero-order chi connectivity index (χ0) is 14.0. The highest BCUT2D eigenvalue weighted by Crippen LogP contribution is 2.44. The summed E-state index contributed by atoms with van der Waals surface area (Å²) in [5, 5.41) is 10.8. The molecule has 0 amide bonds. The number of nitrogens with zero attached hydrogens (tertiary/aromatic N) is 2. The van der Waals surface area contributed by atoms with Crippen LogP contribution in [0.15, 0.2) is 17.1 Å². The molecule has 9 heteroatoms. The second kappa shape index (κ2) is 4.89. The molecule has 5 nitrogen and oxygen atoms in total. The lowest BCUT2D eigenvalue weighted by Gasteiger charge is -2.04. The molecular weight excluding hydrogens is 283 g/mol. The Morgan fingerprint density at radius 3 is 2.63 bits per heavy atom. The van der Waals surface area contributed by atoms with E-state index in [9.17, 15) is 13.2 Å². The first kappa shape index (κ1) is 13.4. The largest absolute Gasteiger partial charge is 0.586 e. The van der Waals surface area contributed by atoms with Gasteiger partial charge in [-0.2, -0.15) is 5.26 Å². The Kier molecular flexibility index (Phi) is 3.44. The van der Waals surface area contributed by atoms with E-state index >= 15 is 0 Å². The van der Waals surface area contributed by atoms with Crippen LogP contribution in [0.3, 0.4) is 0 Å². The van der Waals surface area contributed by atoms with Crippen LogP contribution in [0.5, 0.6) is 11.5 Å². The van der Waals surface area contributed by atoms with Crippen molar-refractivity contribution in [2.24, 2.45) is 4.99 Å². The predicted octanol–water partition coefficient (Wildman–Crippen LogP) is 2.57. The monoisotopic (exact) mass is 289 g/mol. The highest BCUT2D eigenvalue weighted by Gasteiger charge is 2.44. The molecule has 1 aliphatic heterocycles. The Bertz CT molecular complexity index is 586. The van der Waals surface area contributed by atoms with Gasteiger partial charge in [0.1, 0.15) is 5.69 Å². The van der Waals surface area contributed by atoms with Gasteiger partial charge < -0.3 is 9.47 Å². The number of alkyl halides is 2. The van der Waals surface area contributed by atoms with Crippen molar-refractivity contribution in [1.82, 2.24) is 5.32 Å². The van der Waals surface area contributed by atoms with Gasteiger partial charge in [-0.3, -0.25) is 5.32 Å². The molecule has 1 N–H and O–H groups in total. The molecule has 0 bridgehead atoms. The van der Waals surface area contributed by atoms with Crippen LogP contribution in [0.25, 0.3) is 0 Å². The number of nitrogens with one attached hydrogen (secondary N) is 1. The fraction of sp³-hybridized carbons (Fsp3) is 0.200. The minimum Gasteiger partial charge on any atom is -0.395 e. The first-order valence-electron chi connectivity index (χ1n) is 4.82. The van der Waals surface area contributed by atoms with E-state index < -0.39 is 17.9 Å². The Labute approximate surface area is 110 Å². The Morgan fingerprint density at radius 1 is 1.42 bits per heavy atom. The summed E-state index contributed by atoms with van der Waals surface area (Å²) < 4.78 is 47.5. The Hall–Kier alpha value is -2.08. The van der Waals surface area contributed by atoms with Gasteiger partial charge in [-0.25, -0.2) is 9.38 Å². The number of amidine groups is 1. The second-order valence-electron chi connectivity index (χ2n) is 3.28. The van der Waals surface area contributed by atoms with Crippen LogP contribution in [-0.4, -0.2) is 17.7 Å². The SMILES string of the molecule is CSC(=Nc1cc2c(cc1F)OC(F)(F)O2)NC#N. The number of rotatable bonds is 1. The van der Waals surface area contributed by atoms with Crippen LogP contribution in [0.2, 0.25) is 0 Å². The summed E-state index contributed by atoms with van der Waals surface area (Å²) in [6, 6.07) is 1.72. The van der Waals surface area contributed by atoms with E-state index in [0.717, 1.165) is 23.9 Å². The van der Waals surface area contributed by atoms with E-state index in [4.69, 9.17) is 5.26 Å². The van der Waals surface area contributed by atoms with E-state index in [2.05, 4.69) is 19.8 Å². The molecule has 1 aromatic carbocycles. The summed E-state index contributed by atoms with van der Waals surface area (Å²) in [5.41, 5.74) is -0.243. The van der Waals surface area contributed by atoms with Gasteiger partial charge in [0.05, 0.1) is 0 Å². The lowest BCUT2D eigenvalue weighted by Crippen LogP contribution is -2.25. The summed E-state index contributed by atoms with van der Waals surface area (Å²) in [5.74, 6) is -1.59. The van der Waals surface area contributed by atoms with Crippen LogP contribution >= 0.6 is 11.8 Å². The van der Waals surface area contributed by atoms with E-state index in [1.54, 1.807) is 12.4 Å². The van der Waals surface area contributed by atoms with Gasteiger partial charge in [-0.1, -0.05) is 11.8 Å². The van der Waals surface area contributed by atoms with Gasteiger partial charge in [0, 0.05) is 12.1 Å². The van der Waals surface area contributed by atoms with Crippen LogP contribution in [0.1, 0.15) is 0 Å². The van der Waals surface area contributed by atoms with E-state index in [1.165, 1.54) is 0 Å². The van der Waals surface area contributed by atoms with Crippen LogP contribution in [0, 0.1) is 17.3 Å². The zero-order valence-corrected chi connectivity index (χ0v) is 10.2. The molecule has 0 aliphatic carbocycles. The number of hydrogen-bond acceptors (Lipinski definition) is 5. The number of hydrogen-bond donors (Lipinski definition) is 1. The molecule has 1 aromatic rings. The normalized spacial score (nSPS) is 16.1. The van der Waals surface area contributed by atoms with E-state index in [1.807, 2.05) is 0 Å². The number of nitriles is 1. The van der Waals surface area contributed by atoms with Crippen molar-refractivity contribution in [3.05, 3.63) is 17.9 Å². The standard InChI is InChI=1S/C10H6F3N3O2S/c1-19-9(15-4-14)16-6-3-8-7(2-5(6)11)17-10(12,13)18-8/h2-3H,1H3,(H,15,16). The van der Waals surface area contributed by atoms with Crippen molar-refractivity contribution in [1.29, 1.82) is 5.26 Å². The average Bonchev–Trinajstić information content (AvgIpc) is 2.62. The van der Waals surface area contributed by atoms with Gasteiger partial charge in [0.15, 0.2) is 28.7 Å². The third-order valence-corrected chi connectivity index (χ3v) is 2.63. The summed E-state index contributed by atoms with van der Waals surface area (Å²) in [4.78, 5) is 3.78. The maximum atomic E-state index is 13.6. The zero-order valence-electron chi connectivity index (χ0n) is 9.41. The van der Waals surface area contributed by atoms with Crippen LogP contribution in [0.4, 0.5) is 18.9 Å². The Balaban J connectivity index is 2.38. The smallest absolute Gasteiger partial charge is 0.395 e. The van der Waals surface area contributed by atoms with Crippen molar-refractivity contribution in [2.75, 3.05) is 6.26 Å². The topological polar surface area (TPSA) is 66.6 Å². The minimum absolute atomic E-state index is 0.118. The molecule has 0 fully saturated rings. The van der Waals surface area contributed by atoms with E-state index in [-0.39, 0.29) is 16.6 Å².